The van der Waals surface area contributed by atoms with E-state index in [0.29, 0.717) is 13.0 Å². The second-order valence-electron chi connectivity index (χ2n) is 5.28. The van der Waals surface area contributed by atoms with Crippen molar-refractivity contribution >= 4 is 11.8 Å². The molecule has 0 atom stereocenters. The Morgan fingerprint density at radius 1 is 1.11 bits per heavy atom. The Morgan fingerprint density at radius 2 is 1.68 bits per heavy atom. The number of hydrogen-bond acceptors (Lipinski definition) is 3. The zero-order chi connectivity index (χ0) is 14.9. The SMILES string of the molecule is CCN(CC)C(=O)CCNCC(=O)NC(C)(C)CC. The van der Waals surface area contributed by atoms with Crippen molar-refractivity contribution in [2.45, 2.75) is 53.0 Å². The number of nitrogens with one attached hydrogen (secondary N) is 2. The molecule has 2 N–H and O–H groups in total. The molecule has 0 radical (unpaired) electrons. The van der Waals surface area contributed by atoms with Crippen LogP contribution in [0.3, 0.4) is 0 Å². The second-order valence-corrected chi connectivity index (χ2v) is 5.28. The van der Waals surface area contributed by atoms with E-state index in [1.54, 1.807) is 4.90 Å². The first kappa shape index (κ1) is 17.9. The van der Waals surface area contributed by atoms with Crippen LogP contribution in [0.4, 0.5) is 0 Å². The van der Waals surface area contributed by atoms with Gasteiger partial charge < -0.3 is 15.5 Å². The summed E-state index contributed by atoms with van der Waals surface area (Å²) in [7, 11) is 0. The monoisotopic (exact) mass is 271 g/mol. The number of rotatable bonds is 9. The topological polar surface area (TPSA) is 61.4 Å². The summed E-state index contributed by atoms with van der Waals surface area (Å²) in [5.41, 5.74) is -0.171. The van der Waals surface area contributed by atoms with Gasteiger partial charge in [-0.1, -0.05) is 6.92 Å². The number of nitrogens with zero attached hydrogens (tertiary/aromatic N) is 1. The summed E-state index contributed by atoms with van der Waals surface area (Å²) in [5, 5.41) is 5.95. The van der Waals surface area contributed by atoms with Crippen molar-refractivity contribution in [1.82, 2.24) is 15.5 Å². The summed E-state index contributed by atoms with van der Waals surface area (Å²) >= 11 is 0. The molecule has 0 heterocycles. The van der Waals surface area contributed by atoms with Crippen LogP contribution in [-0.2, 0) is 9.59 Å². The molecule has 0 aromatic carbocycles. The van der Waals surface area contributed by atoms with Crippen LogP contribution in [0.2, 0.25) is 0 Å². The van der Waals surface area contributed by atoms with E-state index in [-0.39, 0.29) is 23.9 Å². The number of carbonyl (C=O) groups excluding carboxylic acids is 2. The molecule has 5 nitrogen and oxygen atoms in total. The largest absolute Gasteiger partial charge is 0.350 e. The Balaban J connectivity index is 3.81. The van der Waals surface area contributed by atoms with Crippen LogP contribution in [0.25, 0.3) is 0 Å². The summed E-state index contributed by atoms with van der Waals surface area (Å²) in [6, 6.07) is 0. The van der Waals surface area contributed by atoms with E-state index in [9.17, 15) is 9.59 Å². The van der Waals surface area contributed by atoms with Crippen molar-refractivity contribution in [3.63, 3.8) is 0 Å². The van der Waals surface area contributed by atoms with Gasteiger partial charge >= 0.3 is 0 Å². The molecule has 0 aromatic rings. The van der Waals surface area contributed by atoms with Crippen LogP contribution in [0, 0.1) is 0 Å². The van der Waals surface area contributed by atoms with Crippen LogP contribution in [-0.4, -0.2) is 48.4 Å². The average Bonchev–Trinajstić information content (AvgIpc) is 2.35. The maximum Gasteiger partial charge on any atom is 0.234 e. The Bertz CT molecular complexity index is 286. The maximum atomic E-state index is 11.7. The maximum absolute atomic E-state index is 11.7. The molecule has 0 bridgehead atoms. The molecule has 0 saturated heterocycles. The van der Waals surface area contributed by atoms with Gasteiger partial charge in [-0.25, -0.2) is 0 Å². The third-order valence-electron chi connectivity index (χ3n) is 3.28. The third kappa shape index (κ3) is 7.82. The molecule has 0 unspecified atom stereocenters. The molecule has 2 amide bonds. The summed E-state index contributed by atoms with van der Waals surface area (Å²) in [4.78, 5) is 25.1. The third-order valence-corrected chi connectivity index (χ3v) is 3.28. The lowest BCUT2D eigenvalue weighted by Gasteiger charge is -2.24. The number of hydrogen-bond donors (Lipinski definition) is 2. The van der Waals surface area contributed by atoms with E-state index in [1.807, 2.05) is 34.6 Å². The van der Waals surface area contributed by atoms with Crippen molar-refractivity contribution in [2.75, 3.05) is 26.2 Å². The predicted molar refractivity (Wildman–Crippen MR) is 77.9 cm³/mol. The van der Waals surface area contributed by atoms with Gasteiger partial charge in [0.1, 0.15) is 0 Å². The molecule has 0 aliphatic carbocycles. The van der Waals surface area contributed by atoms with Crippen molar-refractivity contribution in [3.05, 3.63) is 0 Å². The van der Waals surface area contributed by atoms with E-state index in [0.717, 1.165) is 19.5 Å². The van der Waals surface area contributed by atoms with Gasteiger partial charge in [0.15, 0.2) is 0 Å². The molecule has 0 aliphatic heterocycles. The fraction of sp³-hybridized carbons (Fsp3) is 0.857. The van der Waals surface area contributed by atoms with Crippen LogP contribution in [0.5, 0.6) is 0 Å². The van der Waals surface area contributed by atoms with Gasteiger partial charge in [0, 0.05) is 31.6 Å². The summed E-state index contributed by atoms with van der Waals surface area (Å²) in [5.74, 6) is 0.105. The van der Waals surface area contributed by atoms with Gasteiger partial charge in [-0.2, -0.15) is 0 Å². The van der Waals surface area contributed by atoms with Crippen LogP contribution < -0.4 is 10.6 Å². The normalized spacial score (nSPS) is 11.2. The molecule has 19 heavy (non-hydrogen) atoms. The van der Waals surface area contributed by atoms with E-state index < -0.39 is 0 Å². The number of carbonyl (C=O) groups is 2. The lowest BCUT2D eigenvalue weighted by molar-refractivity contribution is -0.131. The molecule has 0 aromatic heterocycles. The summed E-state index contributed by atoms with van der Waals surface area (Å²) < 4.78 is 0. The molecule has 5 heteroatoms. The first-order chi connectivity index (χ1) is 8.86. The second kappa shape index (κ2) is 8.91. The molecule has 112 valence electrons. The Labute approximate surface area is 117 Å². The molecule has 0 fully saturated rings. The number of amides is 2. The molecular weight excluding hydrogens is 242 g/mol. The quantitative estimate of drug-likeness (QED) is 0.618. The Hall–Kier alpha value is -1.10. The standard InChI is InChI=1S/C14H29N3O2/c1-6-14(4,5)16-12(18)11-15-10-9-13(19)17(7-2)8-3/h15H,6-11H2,1-5H3,(H,16,18). The fourth-order valence-electron chi connectivity index (χ4n) is 1.64. The van der Waals surface area contributed by atoms with E-state index in [1.165, 1.54) is 0 Å². The van der Waals surface area contributed by atoms with E-state index in [4.69, 9.17) is 0 Å². The molecule has 0 aliphatic rings. The van der Waals surface area contributed by atoms with E-state index >= 15 is 0 Å². The predicted octanol–water partition coefficient (Wildman–Crippen LogP) is 1.14. The van der Waals surface area contributed by atoms with Crippen molar-refractivity contribution in [2.24, 2.45) is 0 Å². The van der Waals surface area contributed by atoms with Crippen molar-refractivity contribution < 1.29 is 9.59 Å². The van der Waals surface area contributed by atoms with E-state index in [2.05, 4.69) is 10.6 Å². The highest BCUT2D eigenvalue weighted by Crippen LogP contribution is 2.05. The van der Waals surface area contributed by atoms with Gasteiger partial charge in [-0.05, 0) is 34.1 Å². The Morgan fingerprint density at radius 3 is 2.16 bits per heavy atom. The van der Waals surface area contributed by atoms with Crippen LogP contribution in [0.1, 0.15) is 47.5 Å². The highest BCUT2D eigenvalue weighted by Gasteiger charge is 2.17. The first-order valence-electron chi connectivity index (χ1n) is 7.15. The summed E-state index contributed by atoms with van der Waals surface area (Å²) in [6.45, 7) is 12.2. The van der Waals surface area contributed by atoms with Crippen molar-refractivity contribution in [1.29, 1.82) is 0 Å². The van der Waals surface area contributed by atoms with Gasteiger partial charge in [-0.15, -0.1) is 0 Å². The lowest BCUT2D eigenvalue weighted by atomic mass is 10.0. The van der Waals surface area contributed by atoms with Crippen LogP contribution in [0.15, 0.2) is 0 Å². The summed E-state index contributed by atoms with van der Waals surface area (Å²) in [6.07, 6.45) is 1.32. The molecule has 0 rings (SSSR count). The first-order valence-corrected chi connectivity index (χ1v) is 7.15. The molecule has 0 saturated carbocycles. The molecule has 0 spiro atoms. The van der Waals surface area contributed by atoms with Crippen molar-refractivity contribution in [3.8, 4) is 0 Å². The molecular formula is C14H29N3O2. The minimum Gasteiger partial charge on any atom is -0.350 e. The highest BCUT2D eigenvalue weighted by molar-refractivity contribution is 5.79. The van der Waals surface area contributed by atoms with Gasteiger partial charge in [0.05, 0.1) is 6.54 Å². The Kier molecular flexibility index (Phi) is 8.39. The highest BCUT2D eigenvalue weighted by atomic mass is 16.2. The van der Waals surface area contributed by atoms with Gasteiger partial charge in [-0.3, -0.25) is 9.59 Å². The van der Waals surface area contributed by atoms with Crippen LogP contribution >= 0.6 is 0 Å². The van der Waals surface area contributed by atoms with Gasteiger partial charge in [0.2, 0.25) is 11.8 Å². The minimum atomic E-state index is -0.171. The van der Waals surface area contributed by atoms with Gasteiger partial charge in [0.25, 0.3) is 0 Å². The fourth-order valence-corrected chi connectivity index (χ4v) is 1.64. The zero-order valence-electron chi connectivity index (χ0n) is 13.0. The smallest absolute Gasteiger partial charge is 0.234 e. The average molecular weight is 271 g/mol. The lowest BCUT2D eigenvalue weighted by Crippen LogP contribution is -2.46. The minimum absolute atomic E-state index is 0.0258. The zero-order valence-corrected chi connectivity index (χ0v) is 13.0.